The van der Waals surface area contributed by atoms with Crippen LogP contribution >= 0.6 is 0 Å². The Labute approximate surface area is 111 Å². The van der Waals surface area contributed by atoms with Crippen LogP contribution in [0.1, 0.15) is 47.1 Å². The molecule has 2 nitrogen and oxygen atoms in total. The molecule has 2 heteroatoms. The molecule has 0 radical (unpaired) electrons. The molecule has 0 aliphatic carbocycles. The van der Waals surface area contributed by atoms with Crippen molar-refractivity contribution < 1.29 is 9.78 Å². The quantitative estimate of drug-likeness (QED) is 0.572. The Morgan fingerprint density at radius 2 is 1.50 bits per heavy atom. The molecule has 1 aromatic carbocycles. The fourth-order valence-corrected chi connectivity index (χ4v) is 1.56. The van der Waals surface area contributed by atoms with Crippen LogP contribution in [-0.2, 0) is 9.78 Å². The molecule has 0 saturated heterocycles. The van der Waals surface area contributed by atoms with Crippen molar-refractivity contribution in [1.29, 1.82) is 0 Å². The van der Waals surface area contributed by atoms with E-state index in [0.717, 1.165) is 0 Å². The van der Waals surface area contributed by atoms with E-state index >= 15 is 0 Å². The van der Waals surface area contributed by atoms with Crippen molar-refractivity contribution in [3.8, 4) is 0 Å². The summed E-state index contributed by atoms with van der Waals surface area (Å²) in [6.45, 7) is 12.0. The van der Waals surface area contributed by atoms with Gasteiger partial charge >= 0.3 is 0 Å². The van der Waals surface area contributed by atoms with Gasteiger partial charge in [-0.2, -0.15) is 0 Å². The highest BCUT2D eigenvalue weighted by Crippen LogP contribution is 2.22. The van der Waals surface area contributed by atoms with E-state index in [4.69, 9.17) is 9.78 Å². The summed E-state index contributed by atoms with van der Waals surface area (Å²) < 4.78 is 0. The van der Waals surface area contributed by atoms with Gasteiger partial charge in [0, 0.05) is 0 Å². The summed E-state index contributed by atoms with van der Waals surface area (Å²) in [4.78, 5) is 10.9. The predicted octanol–water partition coefficient (Wildman–Crippen LogP) is 4.62. The number of allylic oxidation sites excluding steroid dienone is 1. The molecule has 0 atom stereocenters. The van der Waals surface area contributed by atoms with Gasteiger partial charge in [-0.3, -0.25) is 0 Å². The Kier molecular flexibility index (Phi) is 4.71. The molecule has 0 aliphatic heterocycles. The second-order valence-electron chi connectivity index (χ2n) is 6.08. The summed E-state index contributed by atoms with van der Waals surface area (Å²) in [6, 6.07) is 10.3. The Bertz CT molecular complexity index is 397. The van der Waals surface area contributed by atoms with Crippen LogP contribution in [-0.4, -0.2) is 11.2 Å². The molecule has 0 unspecified atom stereocenters. The number of hydrogen-bond donors (Lipinski definition) is 0. The van der Waals surface area contributed by atoms with Crippen LogP contribution in [0.15, 0.2) is 36.4 Å². The first-order chi connectivity index (χ1) is 8.20. The number of hydrogen-bond acceptors (Lipinski definition) is 2. The van der Waals surface area contributed by atoms with Gasteiger partial charge in [0.1, 0.15) is 5.60 Å². The highest BCUT2D eigenvalue weighted by molar-refractivity contribution is 5.64. The van der Waals surface area contributed by atoms with Crippen molar-refractivity contribution >= 4 is 5.57 Å². The minimum Gasteiger partial charge on any atom is -0.230 e. The Balaban J connectivity index is 2.74. The first-order valence-electron chi connectivity index (χ1n) is 6.31. The second kappa shape index (κ2) is 5.68. The zero-order valence-corrected chi connectivity index (χ0v) is 12.3. The van der Waals surface area contributed by atoms with Gasteiger partial charge in [0.2, 0.25) is 0 Å². The molecule has 0 N–H and O–H groups in total. The normalized spacial score (nSPS) is 13.8. The minimum absolute atomic E-state index is 0.300. The fourth-order valence-electron chi connectivity index (χ4n) is 1.56. The maximum absolute atomic E-state index is 5.51. The average Bonchev–Trinajstić information content (AvgIpc) is 2.26. The smallest absolute Gasteiger partial charge is 0.117 e. The Morgan fingerprint density at radius 3 is 2.00 bits per heavy atom. The Hall–Kier alpha value is -1.12. The predicted molar refractivity (Wildman–Crippen MR) is 76.1 cm³/mol. The third kappa shape index (κ3) is 5.48. The van der Waals surface area contributed by atoms with Crippen LogP contribution in [0.2, 0.25) is 0 Å². The van der Waals surface area contributed by atoms with Crippen molar-refractivity contribution in [2.24, 2.45) is 0 Å². The third-order valence-corrected chi connectivity index (χ3v) is 2.30. The van der Waals surface area contributed by atoms with Crippen molar-refractivity contribution in [3.05, 3.63) is 42.0 Å². The molecule has 0 saturated carbocycles. The van der Waals surface area contributed by atoms with Crippen molar-refractivity contribution in [2.45, 2.75) is 52.7 Å². The zero-order valence-electron chi connectivity index (χ0n) is 12.3. The summed E-state index contributed by atoms with van der Waals surface area (Å²) in [5, 5.41) is 0. The van der Waals surface area contributed by atoms with Gasteiger partial charge in [-0.15, -0.1) is 0 Å². The molecule has 0 fully saturated rings. The van der Waals surface area contributed by atoms with E-state index in [1.54, 1.807) is 0 Å². The van der Waals surface area contributed by atoms with Gasteiger partial charge in [-0.1, -0.05) is 30.3 Å². The van der Waals surface area contributed by atoms with Crippen LogP contribution < -0.4 is 0 Å². The molecule has 0 amide bonds. The number of rotatable bonds is 4. The second-order valence-corrected chi connectivity index (χ2v) is 6.08. The molecule has 0 aromatic heterocycles. The summed E-state index contributed by atoms with van der Waals surface area (Å²) in [5.74, 6) is 0. The van der Waals surface area contributed by atoms with E-state index in [1.165, 1.54) is 11.1 Å². The van der Waals surface area contributed by atoms with Crippen LogP contribution in [0.25, 0.3) is 5.57 Å². The van der Waals surface area contributed by atoms with Crippen molar-refractivity contribution in [2.75, 3.05) is 0 Å². The molecule has 100 valence electrons. The van der Waals surface area contributed by atoms with Crippen LogP contribution in [0.5, 0.6) is 0 Å². The fraction of sp³-hybridized carbons (Fsp3) is 0.500. The van der Waals surface area contributed by atoms with E-state index in [1.807, 2.05) is 52.8 Å². The van der Waals surface area contributed by atoms with Gasteiger partial charge in [-0.25, -0.2) is 9.78 Å². The average molecular weight is 248 g/mol. The molecule has 1 rings (SSSR count). The lowest BCUT2D eigenvalue weighted by atomic mass is 10.0. The highest BCUT2D eigenvalue weighted by Gasteiger charge is 2.21. The monoisotopic (exact) mass is 248 g/mol. The molecule has 18 heavy (non-hydrogen) atoms. The maximum Gasteiger partial charge on any atom is 0.117 e. The lowest BCUT2D eigenvalue weighted by Crippen LogP contribution is -2.29. The third-order valence-electron chi connectivity index (χ3n) is 2.30. The van der Waals surface area contributed by atoms with E-state index < -0.39 is 5.60 Å². The summed E-state index contributed by atoms with van der Waals surface area (Å²) in [5.41, 5.74) is 1.63. The summed E-state index contributed by atoms with van der Waals surface area (Å²) >= 11 is 0. The largest absolute Gasteiger partial charge is 0.230 e. The maximum atomic E-state index is 5.51. The molecular formula is C16H24O2. The lowest BCUT2D eigenvalue weighted by molar-refractivity contribution is -0.386. The van der Waals surface area contributed by atoms with Crippen LogP contribution in [0.3, 0.4) is 0 Å². The standard InChI is InChI=1S/C16H24O2/c1-13(14-10-8-7-9-11-14)12-16(5,6)18-17-15(2,3)4/h7-12H,1-6H3/b13-12-. The first-order valence-corrected chi connectivity index (χ1v) is 6.31. The van der Waals surface area contributed by atoms with Crippen molar-refractivity contribution in [3.63, 3.8) is 0 Å². The van der Waals surface area contributed by atoms with Crippen molar-refractivity contribution in [1.82, 2.24) is 0 Å². The van der Waals surface area contributed by atoms with E-state index in [0.29, 0.717) is 0 Å². The van der Waals surface area contributed by atoms with Gasteiger partial charge in [0.15, 0.2) is 0 Å². The SMILES string of the molecule is C/C(=C/C(C)(C)OOC(C)(C)C)c1ccccc1. The van der Waals surface area contributed by atoms with E-state index in [9.17, 15) is 0 Å². The van der Waals surface area contributed by atoms with Crippen LogP contribution in [0, 0.1) is 0 Å². The van der Waals surface area contributed by atoms with Gasteiger partial charge < -0.3 is 0 Å². The first kappa shape index (κ1) is 14.9. The van der Waals surface area contributed by atoms with Gasteiger partial charge in [0.05, 0.1) is 5.60 Å². The molecular weight excluding hydrogens is 224 g/mol. The van der Waals surface area contributed by atoms with Gasteiger partial charge in [0.25, 0.3) is 0 Å². The zero-order chi connectivity index (χ0) is 13.8. The van der Waals surface area contributed by atoms with Crippen LogP contribution in [0.4, 0.5) is 0 Å². The summed E-state index contributed by atoms with van der Waals surface area (Å²) in [6.07, 6.45) is 2.08. The topological polar surface area (TPSA) is 18.5 Å². The summed E-state index contributed by atoms with van der Waals surface area (Å²) in [7, 11) is 0. The number of benzene rings is 1. The molecule has 0 spiro atoms. The molecule has 1 aromatic rings. The Morgan fingerprint density at radius 1 is 0.944 bits per heavy atom. The molecule has 0 heterocycles. The molecule has 0 aliphatic rings. The van der Waals surface area contributed by atoms with Gasteiger partial charge in [-0.05, 0) is 58.8 Å². The lowest BCUT2D eigenvalue weighted by Gasteiger charge is -2.26. The minimum atomic E-state index is -0.451. The highest BCUT2D eigenvalue weighted by atomic mass is 17.2. The van der Waals surface area contributed by atoms with E-state index in [2.05, 4.69) is 25.1 Å². The van der Waals surface area contributed by atoms with E-state index in [-0.39, 0.29) is 5.60 Å². The molecule has 0 bridgehead atoms.